The van der Waals surface area contributed by atoms with Gasteiger partial charge in [0.05, 0.1) is 10.7 Å². The van der Waals surface area contributed by atoms with Crippen molar-refractivity contribution >= 4 is 29.1 Å². The molecule has 0 bridgehead atoms. The van der Waals surface area contributed by atoms with E-state index in [1.165, 1.54) is 25.7 Å². The fourth-order valence-electron chi connectivity index (χ4n) is 3.16. The average molecular weight is 337 g/mol. The number of anilines is 1. The minimum Gasteiger partial charge on any atom is -0.339 e. The van der Waals surface area contributed by atoms with Crippen molar-refractivity contribution in [1.29, 1.82) is 0 Å². The van der Waals surface area contributed by atoms with E-state index in [1.54, 1.807) is 19.1 Å². The molecule has 0 aromatic heterocycles. The van der Waals surface area contributed by atoms with Crippen LogP contribution in [0.3, 0.4) is 0 Å². The molecule has 0 saturated heterocycles. The molecule has 0 aliphatic heterocycles. The Morgan fingerprint density at radius 3 is 2.43 bits per heavy atom. The van der Waals surface area contributed by atoms with E-state index in [9.17, 15) is 9.59 Å². The minimum absolute atomic E-state index is 0.0578. The third kappa shape index (κ3) is 5.54. The van der Waals surface area contributed by atoms with Gasteiger partial charge >= 0.3 is 0 Å². The van der Waals surface area contributed by atoms with Crippen LogP contribution in [0.1, 0.15) is 51.9 Å². The summed E-state index contributed by atoms with van der Waals surface area (Å²) in [7, 11) is 0. The molecule has 1 saturated carbocycles. The van der Waals surface area contributed by atoms with Crippen LogP contribution in [-0.2, 0) is 9.59 Å². The lowest BCUT2D eigenvalue weighted by atomic mass is 10.1. The van der Waals surface area contributed by atoms with Gasteiger partial charge in [0.25, 0.3) is 0 Å². The van der Waals surface area contributed by atoms with Gasteiger partial charge in [-0.1, -0.05) is 49.4 Å². The highest BCUT2D eigenvalue weighted by atomic mass is 35.5. The average Bonchev–Trinajstić information content (AvgIpc) is 2.79. The molecular weight excluding hydrogens is 312 g/mol. The second-order valence-electron chi connectivity index (χ2n) is 6.14. The van der Waals surface area contributed by atoms with Crippen molar-refractivity contribution in [2.45, 2.75) is 57.9 Å². The lowest BCUT2D eigenvalue weighted by Crippen LogP contribution is -2.40. The van der Waals surface area contributed by atoms with Crippen LogP contribution in [0.25, 0.3) is 0 Å². The first kappa shape index (κ1) is 17.8. The second-order valence-corrected chi connectivity index (χ2v) is 6.54. The molecule has 0 unspecified atom stereocenters. The summed E-state index contributed by atoms with van der Waals surface area (Å²) in [4.78, 5) is 26.0. The molecule has 1 N–H and O–H groups in total. The zero-order valence-corrected chi connectivity index (χ0v) is 14.4. The van der Waals surface area contributed by atoms with Crippen LogP contribution in [0.15, 0.2) is 24.3 Å². The monoisotopic (exact) mass is 336 g/mol. The summed E-state index contributed by atoms with van der Waals surface area (Å²) in [5.41, 5.74) is 0.614. The normalized spacial score (nSPS) is 15.7. The number of hydrogen-bond acceptors (Lipinski definition) is 2. The van der Waals surface area contributed by atoms with Crippen LogP contribution in [0.4, 0.5) is 5.69 Å². The fraction of sp³-hybridized carbons (Fsp3) is 0.556. The SMILES string of the molecule is CC(=O)N(CCC(=O)Nc1ccccc1Cl)C1CCCCCC1. The summed E-state index contributed by atoms with van der Waals surface area (Å²) < 4.78 is 0. The summed E-state index contributed by atoms with van der Waals surface area (Å²) in [6.45, 7) is 2.06. The maximum absolute atomic E-state index is 12.1. The molecule has 1 aromatic rings. The first-order chi connectivity index (χ1) is 11.1. The zero-order valence-electron chi connectivity index (χ0n) is 13.7. The van der Waals surface area contributed by atoms with Crippen molar-refractivity contribution in [2.24, 2.45) is 0 Å². The Kier molecular flexibility index (Phi) is 6.90. The Bertz CT molecular complexity index is 540. The summed E-state index contributed by atoms with van der Waals surface area (Å²) >= 11 is 6.04. The van der Waals surface area contributed by atoms with E-state index < -0.39 is 0 Å². The zero-order chi connectivity index (χ0) is 16.7. The number of hydrogen-bond donors (Lipinski definition) is 1. The van der Waals surface area contributed by atoms with Crippen molar-refractivity contribution in [3.63, 3.8) is 0 Å². The molecule has 1 aliphatic carbocycles. The van der Waals surface area contributed by atoms with Gasteiger partial charge in [-0.15, -0.1) is 0 Å². The number of para-hydroxylation sites is 1. The Balaban J connectivity index is 1.89. The molecule has 1 fully saturated rings. The Labute approximate surface area is 143 Å². The molecule has 5 heteroatoms. The van der Waals surface area contributed by atoms with Crippen LogP contribution in [0.2, 0.25) is 5.02 Å². The highest BCUT2D eigenvalue weighted by Gasteiger charge is 2.22. The van der Waals surface area contributed by atoms with Crippen LogP contribution in [0.5, 0.6) is 0 Å². The summed E-state index contributed by atoms with van der Waals surface area (Å²) in [6.07, 6.45) is 7.21. The molecule has 0 heterocycles. The molecule has 23 heavy (non-hydrogen) atoms. The summed E-state index contributed by atoms with van der Waals surface area (Å²) in [6, 6.07) is 7.44. The van der Waals surface area contributed by atoms with E-state index in [2.05, 4.69) is 5.32 Å². The number of rotatable bonds is 5. The molecule has 2 amide bonds. The van der Waals surface area contributed by atoms with E-state index in [0.29, 0.717) is 23.7 Å². The molecule has 0 radical (unpaired) electrons. The predicted molar refractivity (Wildman–Crippen MR) is 93.6 cm³/mol. The Hall–Kier alpha value is -1.55. The van der Waals surface area contributed by atoms with Gasteiger partial charge in [-0.2, -0.15) is 0 Å². The van der Waals surface area contributed by atoms with Gasteiger partial charge < -0.3 is 10.2 Å². The first-order valence-corrected chi connectivity index (χ1v) is 8.77. The van der Waals surface area contributed by atoms with Crippen LogP contribution >= 0.6 is 11.6 Å². The Morgan fingerprint density at radius 1 is 1.17 bits per heavy atom. The summed E-state index contributed by atoms with van der Waals surface area (Å²) in [5.74, 6) is -0.0552. The molecule has 1 aromatic carbocycles. The van der Waals surface area contributed by atoms with E-state index in [0.717, 1.165) is 12.8 Å². The lowest BCUT2D eigenvalue weighted by Gasteiger charge is -2.30. The van der Waals surface area contributed by atoms with Gasteiger partial charge in [0.15, 0.2) is 0 Å². The van der Waals surface area contributed by atoms with E-state index in [4.69, 9.17) is 11.6 Å². The maximum atomic E-state index is 12.1. The predicted octanol–water partition coefficient (Wildman–Crippen LogP) is 4.24. The van der Waals surface area contributed by atoms with Crippen LogP contribution < -0.4 is 5.32 Å². The smallest absolute Gasteiger partial charge is 0.226 e. The molecule has 4 nitrogen and oxygen atoms in total. The van der Waals surface area contributed by atoms with E-state index >= 15 is 0 Å². The minimum atomic E-state index is -0.113. The molecule has 126 valence electrons. The molecule has 0 spiro atoms. The van der Waals surface area contributed by atoms with Gasteiger partial charge in [0.1, 0.15) is 0 Å². The number of halogens is 1. The fourth-order valence-corrected chi connectivity index (χ4v) is 3.35. The number of carbonyl (C=O) groups is 2. The first-order valence-electron chi connectivity index (χ1n) is 8.39. The van der Waals surface area contributed by atoms with Gasteiger partial charge in [-0.3, -0.25) is 9.59 Å². The number of nitrogens with one attached hydrogen (secondary N) is 1. The van der Waals surface area contributed by atoms with Gasteiger partial charge in [-0.05, 0) is 25.0 Å². The van der Waals surface area contributed by atoms with Crippen molar-refractivity contribution < 1.29 is 9.59 Å². The summed E-state index contributed by atoms with van der Waals surface area (Å²) in [5, 5.41) is 3.33. The third-order valence-corrected chi connectivity index (χ3v) is 4.73. The van der Waals surface area contributed by atoms with E-state index in [1.807, 2.05) is 17.0 Å². The molecular formula is C18H25ClN2O2. The lowest BCUT2D eigenvalue weighted by molar-refractivity contribution is -0.131. The quantitative estimate of drug-likeness (QED) is 0.817. The third-order valence-electron chi connectivity index (χ3n) is 4.40. The van der Waals surface area contributed by atoms with Gasteiger partial charge in [-0.25, -0.2) is 0 Å². The Morgan fingerprint density at radius 2 is 1.83 bits per heavy atom. The topological polar surface area (TPSA) is 49.4 Å². The number of benzene rings is 1. The standard InChI is InChI=1S/C18H25ClN2O2/c1-14(22)21(15-8-4-2-3-5-9-15)13-12-18(23)20-17-11-7-6-10-16(17)19/h6-7,10-11,15H,2-5,8-9,12-13H2,1H3,(H,20,23). The van der Waals surface area contributed by atoms with Crippen LogP contribution in [0, 0.1) is 0 Å². The molecule has 0 atom stereocenters. The van der Waals surface area contributed by atoms with Crippen molar-refractivity contribution in [3.8, 4) is 0 Å². The van der Waals surface area contributed by atoms with Gasteiger partial charge in [0, 0.05) is 25.9 Å². The van der Waals surface area contributed by atoms with Crippen molar-refractivity contribution in [1.82, 2.24) is 4.90 Å². The highest BCUT2D eigenvalue weighted by Crippen LogP contribution is 2.23. The van der Waals surface area contributed by atoms with E-state index in [-0.39, 0.29) is 17.9 Å². The highest BCUT2D eigenvalue weighted by molar-refractivity contribution is 6.33. The van der Waals surface area contributed by atoms with Crippen molar-refractivity contribution in [3.05, 3.63) is 29.3 Å². The largest absolute Gasteiger partial charge is 0.339 e. The number of carbonyl (C=O) groups excluding carboxylic acids is 2. The van der Waals surface area contributed by atoms with Crippen LogP contribution in [-0.4, -0.2) is 29.3 Å². The number of nitrogens with zero attached hydrogens (tertiary/aromatic N) is 1. The maximum Gasteiger partial charge on any atom is 0.226 e. The van der Waals surface area contributed by atoms with Gasteiger partial charge in [0.2, 0.25) is 11.8 Å². The van der Waals surface area contributed by atoms with Crippen molar-refractivity contribution in [2.75, 3.05) is 11.9 Å². The molecule has 1 aliphatic rings. The second kappa shape index (κ2) is 8.92. The number of amides is 2. The molecule has 2 rings (SSSR count).